The van der Waals surface area contributed by atoms with E-state index in [1.807, 2.05) is 45.0 Å². The van der Waals surface area contributed by atoms with E-state index in [0.29, 0.717) is 41.8 Å². The molecular weight excluding hydrogens is 396 g/mol. The Bertz CT molecular complexity index is 1030. The molecule has 0 amide bonds. The number of nitrogens with zero attached hydrogens (tertiary/aromatic N) is 2. The molecule has 6 nitrogen and oxygen atoms in total. The third kappa shape index (κ3) is 4.68. The maximum Gasteiger partial charge on any atom is 0.256 e. The normalized spacial score (nSPS) is 12.0. The summed E-state index contributed by atoms with van der Waals surface area (Å²) in [5.74, 6) is 1.50. The molecule has 3 rings (SSSR count). The zero-order valence-corrected chi connectivity index (χ0v) is 17.8. The summed E-state index contributed by atoms with van der Waals surface area (Å²) in [6.45, 7) is 7.06. The lowest BCUT2D eigenvalue weighted by atomic mass is 10.2. The highest BCUT2D eigenvalue weighted by Gasteiger charge is 2.22. The number of aromatic nitrogens is 1. The minimum atomic E-state index is -3.51. The summed E-state index contributed by atoms with van der Waals surface area (Å²) in [7, 11) is -3.51. The van der Waals surface area contributed by atoms with E-state index in [0.717, 1.165) is 5.75 Å². The van der Waals surface area contributed by atoms with Crippen molar-refractivity contribution < 1.29 is 17.6 Å². The van der Waals surface area contributed by atoms with Gasteiger partial charge < -0.3 is 9.15 Å². The molecule has 0 N–H and O–H groups in total. The van der Waals surface area contributed by atoms with Gasteiger partial charge in [0, 0.05) is 18.8 Å². The Morgan fingerprint density at radius 1 is 1.11 bits per heavy atom. The first-order valence-electron chi connectivity index (χ1n) is 9.17. The highest BCUT2D eigenvalue weighted by atomic mass is 32.2. The van der Waals surface area contributed by atoms with Gasteiger partial charge in [-0.15, -0.1) is 0 Å². The van der Waals surface area contributed by atoms with Crippen molar-refractivity contribution in [3.8, 4) is 5.75 Å². The van der Waals surface area contributed by atoms with Gasteiger partial charge in [-0.25, -0.2) is 13.4 Å². The molecular formula is C20H24N2O4S2. The molecule has 0 spiro atoms. The zero-order valence-electron chi connectivity index (χ0n) is 16.2. The van der Waals surface area contributed by atoms with E-state index in [2.05, 4.69) is 4.98 Å². The van der Waals surface area contributed by atoms with Crippen LogP contribution in [0.15, 0.2) is 57.0 Å². The van der Waals surface area contributed by atoms with Crippen LogP contribution in [0, 0.1) is 6.92 Å². The lowest BCUT2D eigenvalue weighted by Gasteiger charge is -2.18. The number of benzene rings is 2. The van der Waals surface area contributed by atoms with Crippen LogP contribution in [0.5, 0.6) is 5.75 Å². The van der Waals surface area contributed by atoms with Crippen LogP contribution in [0.2, 0.25) is 0 Å². The first kappa shape index (κ1) is 20.7. The molecule has 0 aliphatic heterocycles. The van der Waals surface area contributed by atoms with E-state index >= 15 is 0 Å². The van der Waals surface area contributed by atoms with Crippen molar-refractivity contribution in [1.29, 1.82) is 0 Å². The molecule has 28 heavy (non-hydrogen) atoms. The van der Waals surface area contributed by atoms with E-state index in [9.17, 15) is 8.42 Å². The standard InChI is InChI=1S/C20H24N2O4S2/c1-4-22(5-2)28(23,24)17-10-11-19-18(14-17)21-20(26-19)27-13-12-25-16-8-6-15(3)7-9-16/h6-11,14H,4-5,12-13H2,1-3H3. The van der Waals surface area contributed by atoms with Gasteiger partial charge in [0.05, 0.1) is 11.5 Å². The second-order valence-corrected chi connectivity index (χ2v) is 9.19. The van der Waals surface area contributed by atoms with Crippen molar-refractivity contribution in [2.75, 3.05) is 25.4 Å². The van der Waals surface area contributed by atoms with Gasteiger partial charge in [0.2, 0.25) is 10.0 Å². The van der Waals surface area contributed by atoms with Gasteiger partial charge in [0.1, 0.15) is 11.3 Å². The Morgan fingerprint density at radius 3 is 2.50 bits per heavy atom. The van der Waals surface area contributed by atoms with Crippen LogP contribution in [-0.2, 0) is 10.0 Å². The van der Waals surface area contributed by atoms with Gasteiger partial charge in [0.15, 0.2) is 5.58 Å². The number of thioether (sulfide) groups is 1. The fourth-order valence-corrected chi connectivity index (χ4v) is 4.88. The molecule has 0 aliphatic rings. The minimum Gasteiger partial charge on any atom is -0.493 e. The van der Waals surface area contributed by atoms with Crippen molar-refractivity contribution in [2.24, 2.45) is 0 Å². The lowest BCUT2D eigenvalue weighted by molar-refractivity contribution is 0.343. The molecule has 0 saturated heterocycles. The monoisotopic (exact) mass is 420 g/mol. The molecule has 1 aromatic heterocycles. The van der Waals surface area contributed by atoms with Crippen molar-refractivity contribution in [3.05, 3.63) is 48.0 Å². The third-order valence-corrected chi connectivity index (χ3v) is 7.12. The first-order valence-corrected chi connectivity index (χ1v) is 11.6. The van der Waals surface area contributed by atoms with E-state index in [1.165, 1.54) is 21.6 Å². The molecule has 0 fully saturated rings. The predicted molar refractivity (Wildman–Crippen MR) is 112 cm³/mol. The van der Waals surface area contributed by atoms with Crippen LogP contribution < -0.4 is 4.74 Å². The van der Waals surface area contributed by atoms with E-state index < -0.39 is 10.0 Å². The Balaban J connectivity index is 1.65. The summed E-state index contributed by atoms with van der Waals surface area (Å²) >= 11 is 1.43. The number of rotatable bonds is 9. The van der Waals surface area contributed by atoms with Gasteiger partial charge in [-0.3, -0.25) is 0 Å². The molecule has 0 aliphatic carbocycles. The highest BCUT2D eigenvalue weighted by Crippen LogP contribution is 2.26. The molecule has 8 heteroatoms. The molecule has 0 saturated carbocycles. The summed E-state index contributed by atoms with van der Waals surface area (Å²) < 4.78 is 38.1. The Hall–Kier alpha value is -2.03. The topological polar surface area (TPSA) is 72.6 Å². The second-order valence-electron chi connectivity index (χ2n) is 6.21. The van der Waals surface area contributed by atoms with Gasteiger partial charge in [-0.1, -0.05) is 43.3 Å². The highest BCUT2D eigenvalue weighted by molar-refractivity contribution is 7.99. The van der Waals surface area contributed by atoms with Crippen LogP contribution in [0.3, 0.4) is 0 Å². The number of fused-ring (bicyclic) bond motifs is 1. The van der Waals surface area contributed by atoms with Crippen LogP contribution in [0.4, 0.5) is 0 Å². The number of hydrogen-bond donors (Lipinski definition) is 0. The smallest absolute Gasteiger partial charge is 0.256 e. The summed E-state index contributed by atoms with van der Waals surface area (Å²) in [4.78, 5) is 4.64. The largest absolute Gasteiger partial charge is 0.493 e. The van der Waals surface area contributed by atoms with Gasteiger partial charge >= 0.3 is 0 Å². The number of sulfonamides is 1. The van der Waals surface area contributed by atoms with Crippen molar-refractivity contribution in [1.82, 2.24) is 9.29 Å². The average molecular weight is 421 g/mol. The van der Waals surface area contributed by atoms with Crippen molar-refractivity contribution in [2.45, 2.75) is 30.9 Å². The first-order chi connectivity index (χ1) is 13.4. The molecule has 150 valence electrons. The number of ether oxygens (including phenoxy) is 1. The Kier molecular flexibility index (Phi) is 6.64. The van der Waals surface area contributed by atoms with Gasteiger partial charge in [-0.2, -0.15) is 4.31 Å². The molecule has 0 unspecified atom stereocenters. The fourth-order valence-electron chi connectivity index (χ4n) is 2.74. The number of hydrogen-bond acceptors (Lipinski definition) is 6. The summed E-state index contributed by atoms with van der Waals surface area (Å²) in [5.41, 5.74) is 2.30. The molecule has 1 heterocycles. The van der Waals surface area contributed by atoms with Gasteiger partial charge in [-0.05, 0) is 37.3 Å². The SMILES string of the molecule is CCN(CC)S(=O)(=O)c1ccc2oc(SCCOc3ccc(C)cc3)nc2c1. The zero-order chi connectivity index (χ0) is 20.1. The van der Waals surface area contributed by atoms with Gasteiger partial charge in [0.25, 0.3) is 5.22 Å². The maximum absolute atomic E-state index is 12.7. The quantitative estimate of drug-likeness (QED) is 0.379. The number of aryl methyl sites for hydroxylation is 1. The average Bonchev–Trinajstić information content (AvgIpc) is 3.09. The van der Waals surface area contributed by atoms with E-state index in [-0.39, 0.29) is 4.90 Å². The molecule has 2 aromatic carbocycles. The Morgan fingerprint density at radius 2 is 1.82 bits per heavy atom. The molecule has 0 atom stereocenters. The van der Waals surface area contributed by atoms with E-state index in [4.69, 9.17) is 9.15 Å². The third-order valence-electron chi connectivity index (χ3n) is 4.28. The summed E-state index contributed by atoms with van der Waals surface area (Å²) in [5, 5.41) is 0.500. The fraction of sp³-hybridized carbons (Fsp3) is 0.350. The summed E-state index contributed by atoms with van der Waals surface area (Å²) in [6, 6.07) is 12.7. The van der Waals surface area contributed by atoms with E-state index in [1.54, 1.807) is 18.2 Å². The van der Waals surface area contributed by atoms with Crippen LogP contribution in [-0.4, -0.2) is 43.2 Å². The molecule has 0 radical (unpaired) electrons. The molecule has 0 bridgehead atoms. The Labute approximate surface area is 169 Å². The second kappa shape index (κ2) is 8.98. The lowest BCUT2D eigenvalue weighted by Crippen LogP contribution is -2.30. The maximum atomic E-state index is 12.7. The minimum absolute atomic E-state index is 0.233. The van der Waals surface area contributed by atoms with Crippen LogP contribution in [0.1, 0.15) is 19.4 Å². The van der Waals surface area contributed by atoms with Crippen LogP contribution >= 0.6 is 11.8 Å². The van der Waals surface area contributed by atoms with Crippen molar-refractivity contribution >= 4 is 32.9 Å². The summed E-state index contributed by atoms with van der Waals surface area (Å²) in [6.07, 6.45) is 0. The van der Waals surface area contributed by atoms with Crippen LogP contribution in [0.25, 0.3) is 11.1 Å². The number of oxazole rings is 1. The molecule has 3 aromatic rings. The predicted octanol–water partition coefficient (Wildman–Crippen LogP) is 4.34. The van der Waals surface area contributed by atoms with Crippen molar-refractivity contribution in [3.63, 3.8) is 0 Å².